The molecule has 4 nitrogen and oxygen atoms in total. The monoisotopic (exact) mass is 224 g/mol. The lowest BCUT2D eigenvalue weighted by Gasteiger charge is -2.09. The fraction of sp³-hybridized carbons (Fsp3) is 0.300. The number of aldehydes is 1. The van der Waals surface area contributed by atoms with Crippen molar-refractivity contribution in [1.82, 2.24) is 0 Å². The van der Waals surface area contributed by atoms with Gasteiger partial charge in [-0.15, -0.1) is 0 Å². The highest BCUT2D eigenvalue weighted by atomic mass is 19.1. The van der Waals surface area contributed by atoms with E-state index in [-0.39, 0.29) is 12.0 Å². The van der Waals surface area contributed by atoms with Crippen LogP contribution in [0.25, 0.3) is 0 Å². The maximum Gasteiger partial charge on any atom is 0.492 e. The number of methoxy groups -OCH3 is 1. The van der Waals surface area contributed by atoms with E-state index in [1.165, 1.54) is 19.2 Å². The predicted molar refractivity (Wildman–Crippen MR) is 55.1 cm³/mol. The van der Waals surface area contributed by atoms with Crippen molar-refractivity contribution in [2.45, 2.75) is 12.5 Å². The molecule has 1 aromatic rings. The van der Waals surface area contributed by atoms with E-state index < -0.39 is 19.0 Å². The molecule has 0 radical (unpaired) electrons. The van der Waals surface area contributed by atoms with Crippen LogP contribution in [-0.2, 0) is 9.45 Å². The van der Waals surface area contributed by atoms with E-state index in [9.17, 15) is 14.2 Å². The molecule has 0 amide bonds. The van der Waals surface area contributed by atoms with E-state index in [1.807, 2.05) is 0 Å². The molecule has 16 heavy (non-hydrogen) atoms. The molecule has 1 atom stereocenters. The van der Waals surface area contributed by atoms with Crippen molar-refractivity contribution in [2.24, 2.45) is 0 Å². The Morgan fingerprint density at radius 2 is 2.44 bits per heavy atom. The molecule has 6 heteroatoms. The van der Waals surface area contributed by atoms with Gasteiger partial charge in [0.15, 0.2) is 0 Å². The zero-order valence-corrected chi connectivity index (χ0v) is 8.64. The second kappa shape index (κ2) is 4.23. The molecular formula is C10H10BFO4. The molecule has 0 saturated carbocycles. The molecule has 1 heterocycles. The highest BCUT2D eigenvalue weighted by Crippen LogP contribution is 2.30. The van der Waals surface area contributed by atoms with Crippen molar-refractivity contribution in [1.29, 1.82) is 0 Å². The summed E-state index contributed by atoms with van der Waals surface area (Å²) in [5.41, 5.74) is 0.559. The molecule has 84 valence electrons. The Hall–Kier alpha value is -1.40. The van der Waals surface area contributed by atoms with Crippen molar-refractivity contribution in [3.05, 3.63) is 23.5 Å². The smallest absolute Gasteiger partial charge is 0.492 e. The van der Waals surface area contributed by atoms with Crippen molar-refractivity contribution >= 4 is 18.9 Å². The van der Waals surface area contributed by atoms with Gasteiger partial charge >= 0.3 is 7.12 Å². The average Bonchev–Trinajstić information content (AvgIpc) is 2.57. The summed E-state index contributed by atoms with van der Waals surface area (Å²) in [6.07, 6.45) is -0.0582. The van der Waals surface area contributed by atoms with Gasteiger partial charge < -0.3 is 19.2 Å². The highest BCUT2D eigenvalue weighted by Gasteiger charge is 2.37. The van der Waals surface area contributed by atoms with Gasteiger partial charge in [-0.25, -0.2) is 4.39 Å². The summed E-state index contributed by atoms with van der Waals surface area (Å²) in [5.74, 6) is -0.219. The van der Waals surface area contributed by atoms with E-state index in [2.05, 4.69) is 0 Å². The van der Waals surface area contributed by atoms with Crippen molar-refractivity contribution < 1.29 is 23.6 Å². The van der Waals surface area contributed by atoms with Crippen LogP contribution in [0.15, 0.2) is 12.1 Å². The Morgan fingerprint density at radius 3 is 3.06 bits per heavy atom. The SMILES string of the molecule is COc1cc(F)c2c(c1)B(O)OC2CC=O. The lowest BCUT2D eigenvalue weighted by atomic mass is 9.79. The van der Waals surface area contributed by atoms with Crippen LogP contribution in [0.2, 0.25) is 0 Å². The normalized spacial score (nSPS) is 18.4. The van der Waals surface area contributed by atoms with Gasteiger partial charge in [0, 0.05) is 18.1 Å². The third-order valence-corrected chi connectivity index (χ3v) is 2.56. The first-order valence-corrected chi connectivity index (χ1v) is 4.82. The summed E-state index contributed by atoms with van der Waals surface area (Å²) in [6, 6.07) is 2.71. The molecule has 0 bridgehead atoms. The van der Waals surface area contributed by atoms with Gasteiger partial charge in [0.1, 0.15) is 17.9 Å². The highest BCUT2D eigenvalue weighted by molar-refractivity contribution is 6.61. The fourth-order valence-corrected chi connectivity index (χ4v) is 1.83. The minimum absolute atomic E-state index is 0.0211. The zero-order valence-electron chi connectivity index (χ0n) is 8.64. The lowest BCUT2D eigenvalue weighted by Crippen LogP contribution is -2.28. The average molecular weight is 224 g/mol. The van der Waals surface area contributed by atoms with Crippen LogP contribution < -0.4 is 10.2 Å². The Labute approximate surface area is 92.1 Å². The number of carbonyl (C=O) groups excluding carboxylic acids is 1. The van der Waals surface area contributed by atoms with Crippen molar-refractivity contribution in [2.75, 3.05) is 7.11 Å². The van der Waals surface area contributed by atoms with Crippen LogP contribution in [0.5, 0.6) is 5.75 Å². The number of benzene rings is 1. The molecule has 1 aliphatic heterocycles. The number of ether oxygens (including phenoxy) is 1. The van der Waals surface area contributed by atoms with E-state index in [4.69, 9.17) is 9.39 Å². The lowest BCUT2D eigenvalue weighted by molar-refractivity contribution is -0.109. The molecule has 0 fully saturated rings. The molecule has 0 spiro atoms. The standard InChI is InChI=1S/C10H10BFO4/c1-15-6-4-7-10(8(12)5-6)9(2-3-13)16-11(7)14/h3-5,9,14H,2H2,1H3. The molecule has 0 aromatic heterocycles. The van der Waals surface area contributed by atoms with Crippen LogP contribution in [-0.4, -0.2) is 25.5 Å². The van der Waals surface area contributed by atoms with Crippen LogP contribution >= 0.6 is 0 Å². The van der Waals surface area contributed by atoms with Crippen molar-refractivity contribution in [3.8, 4) is 5.75 Å². The fourth-order valence-electron chi connectivity index (χ4n) is 1.83. The molecule has 0 aliphatic carbocycles. The predicted octanol–water partition coefficient (Wildman–Crippen LogP) is 0.182. The van der Waals surface area contributed by atoms with E-state index in [1.54, 1.807) is 0 Å². The third-order valence-electron chi connectivity index (χ3n) is 2.56. The number of hydrogen-bond acceptors (Lipinski definition) is 4. The quantitative estimate of drug-likeness (QED) is 0.587. The Morgan fingerprint density at radius 1 is 1.69 bits per heavy atom. The molecule has 1 unspecified atom stereocenters. The van der Waals surface area contributed by atoms with Gasteiger partial charge in [-0.05, 0) is 11.5 Å². The molecule has 0 saturated heterocycles. The summed E-state index contributed by atoms with van der Waals surface area (Å²) in [5, 5.41) is 9.56. The van der Waals surface area contributed by atoms with E-state index >= 15 is 0 Å². The summed E-state index contributed by atoms with van der Waals surface area (Å²) in [6.45, 7) is 0. The maximum absolute atomic E-state index is 13.7. The number of carbonyl (C=O) groups is 1. The summed E-state index contributed by atoms with van der Waals surface area (Å²) in [4.78, 5) is 10.4. The summed E-state index contributed by atoms with van der Waals surface area (Å²) < 4.78 is 23.7. The largest absolute Gasteiger partial charge is 0.497 e. The second-order valence-electron chi connectivity index (χ2n) is 3.49. The number of hydrogen-bond donors (Lipinski definition) is 1. The van der Waals surface area contributed by atoms with E-state index in [0.29, 0.717) is 17.5 Å². The van der Waals surface area contributed by atoms with Gasteiger partial charge in [-0.2, -0.15) is 0 Å². The van der Waals surface area contributed by atoms with Gasteiger partial charge in [0.2, 0.25) is 0 Å². The number of fused-ring (bicyclic) bond motifs is 1. The third kappa shape index (κ3) is 1.70. The first-order valence-electron chi connectivity index (χ1n) is 4.82. The zero-order chi connectivity index (χ0) is 11.7. The Balaban J connectivity index is 2.47. The molecule has 1 aromatic carbocycles. The molecule has 2 rings (SSSR count). The topological polar surface area (TPSA) is 55.8 Å². The van der Waals surface area contributed by atoms with Crippen molar-refractivity contribution in [3.63, 3.8) is 0 Å². The first-order chi connectivity index (χ1) is 7.67. The van der Waals surface area contributed by atoms with Crippen LogP contribution in [0.1, 0.15) is 18.1 Å². The van der Waals surface area contributed by atoms with E-state index in [0.717, 1.165) is 0 Å². The number of rotatable bonds is 3. The molecular weight excluding hydrogens is 214 g/mol. The van der Waals surface area contributed by atoms with Gasteiger partial charge in [-0.1, -0.05) is 0 Å². The van der Waals surface area contributed by atoms with Crippen LogP contribution in [0.4, 0.5) is 4.39 Å². The van der Waals surface area contributed by atoms with Gasteiger partial charge in [0.25, 0.3) is 0 Å². The first kappa shape index (κ1) is 11.1. The molecule has 1 N–H and O–H groups in total. The minimum Gasteiger partial charge on any atom is -0.497 e. The molecule has 1 aliphatic rings. The number of halogens is 1. The van der Waals surface area contributed by atoms with Gasteiger partial charge in [0.05, 0.1) is 13.2 Å². The van der Waals surface area contributed by atoms with Gasteiger partial charge in [-0.3, -0.25) is 0 Å². The summed E-state index contributed by atoms with van der Waals surface area (Å²) in [7, 11) is 0.205. The second-order valence-corrected chi connectivity index (χ2v) is 3.49. The summed E-state index contributed by atoms with van der Waals surface area (Å²) >= 11 is 0. The van der Waals surface area contributed by atoms with Crippen LogP contribution in [0.3, 0.4) is 0 Å². The maximum atomic E-state index is 13.7. The van der Waals surface area contributed by atoms with Crippen LogP contribution in [0, 0.1) is 5.82 Å². The Bertz CT molecular complexity index is 424. The Kier molecular flexibility index (Phi) is 2.94. The minimum atomic E-state index is -1.20.